The van der Waals surface area contributed by atoms with Gasteiger partial charge in [-0.15, -0.1) is 0 Å². The highest BCUT2D eigenvalue weighted by atomic mass is 19.1. The standard InChI is InChI=1S/C9H12FN3/c1-12-6-7-13(11-12)9-4-2-8(10)3-5-9/h2-5,11H,6-7H2,1H3. The minimum absolute atomic E-state index is 0.198. The van der Waals surface area contributed by atoms with Gasteiger partial charge in [0.25, 0.3) is 0 Å². The van der Waals surface area contributed by atoms with Crippen molar-refractivity contribution in [1.82, 2.24) is 10.5 Å². The molecule has 0 saturated carbocycles. The molecule has 0 amide bonds. The molecule has 70 valence electrons. The van der Waals surface area contributed by atoms with Gasteiger partial charge in [-0.2, -0.15) is 5.53 Å². The lowest BCUT2D eigenvalue weighted by Gasteiger charge is -2.18. The lowest BCUT2D eigenvalue weighted by Crippen LogP contribution is -2.37. The first-order valence-corrected chi connectivity index (χ1v) is 4.26. The molecule has 0 bridgehead atoms. The molecule has 1 saturated heterocycles. The second-order valence-corrected chi connectivity index (χ2v) is 3.15. The Morgan fingerprint density at radius 2 is 1.92 bits per heavy atom. The van der Waals surface area contributed by atoms with Gasteiger partial charge < -0.3 is 0 Å². The van der Waals surface area contributed by atoms with Crippen LogP contribution < -0.4 is 10.5 Å². The number of hydrogen-bond donors (Lipinski definition) is 1. The third-order valence-electron chi connectivity index (χ3n) is 2.09. The van der Waals surface area contributed by atoms with Crippen LogP contribution in [0.1, 0.15) is 0 Å². The van der Waals surface area contributed by atoms with Gasteiger partial charge in [0.1, 0.15) is 5.82 Å². The number of benzene rings is 1. The summed E-state index contributed by atoms with van der Waals surface area (Å²) in [6, 6.07) is 6.47. The second-order valence-electron chi connectivity index (χ2n) is 3.15. The maximum Gasteiger partial charge on any atom is 0.123 e. The molecule has 0 atom stereocenters. The molecule has 1 fully saturated rings. The molecule has 1 N–H and O–H groups in total. The second kappa shape index (κ2) is 3.32. The Labute approximate surface area is 76.7 Å². The van der Waals surface area contributed by atoms with Gasteiger partial charge in [0, 0.05) is 20.1 Å². The number of nitrogens with zero attached hydrogens (tertiary/aromatic N) is 2. The molecule has 0 unspecified atom stereocenters. The van der Waals surface area contributed by atoms with E-state index in [0.717, 1.165) is 18.8 Å². The van der Waals surface area contributed by atoms with Gasteiger partial charge in [-0.1, -0.05) is 0 Å². The highest BCUT2D eigenvalue weighted by Gasteiger charge is 2.15. The van der Waals surface area contributed by atoms with Gasteiger partial charge in [-0.25, -0.2) is 9.40 Å². The first-order valence-electron chi connectivity index (χ1n) is 4.26. The number of anilines is 1. The quantitative estimate of drug-likeness (QED) is 0.697. The predicted molar refractivity (Wildman–Crippen MR) is 49.5 cm³/mol. The number of hydrazine groups is 2. The summed E-state index contributed by atoms with van der Waals surface area (Å²) in [4.78, 5) is 0. The smallest absolute Gasteiger partial charge is 0.123 e. The third-order valence-corrected chi connectivity index (χ3v) is 2.09. The molecule has 1 aromatic carbocycles. The van der Waals surface area contributed by atoms with Gasteiger partial charge in [0.05, 0.1) is 5.69 Å². The molecule has 0 radical (unpaired) electrons. The van der Waals surface area contributed by atoms with Crippen LogP contribution in [0.2, 0.25) is 0 Å². The fourth-order valence-electron chi connectivity index (χ4n) is 1.36. The summed E-state index contributed by atoms with van der Waals surface area (Å²) in [7, 11) is 1.98. The number of rotatable bonds is 1. The Balaban J connectivity index is 2.13. The van der Waals surface area contributed by atoms with Crippen molar-refractivity contribution >= 4 is 5.69 Å². The van der Waals surface area contributed by atoms with Crippen molar-refractivity contribution in [2.24, 2.45) is 0 Å². The van der Waals surface area contributed by atoms with Crippen molar-refractivity contribution in [2.45, 2.75) is 0 Å². The highest BCUT2D eigenvalue weighted by Crippen LogP contribution is 2.14. The van der Waals surface area contributed by atoms with Crippen LogP contribution in [0.25, 0.3) is 0 Å². The number of nitrogens with one attached hydrogen (secondary N) is 1. The molecular weight excluding hydrogens is 169 g/mol. The minimum atomic E-state index is -0.198. The average molecular weight is 181 g/mol. The van der Waals surface area contributed by atoms with Crippen LogP contribution in [0.3, 0.4) is 0 Å². The van der Waals surface area contributed by atoms with E-state index in [1.165, 1.54) is 12.1 Å². The Morgan fingerprint density at radius 3 is 2.46 bits per heavy atom. The van der Waals surface area contributed by atoms with E-state index in [0.29, 0.717) is 0 Å². The van der Waals surface area contributed by atoms with E-state index in [4.69, 9.17) is 0 Å². The Bertz CT molecular complexity index is 285. The summed E-state index contributed by atoms with van der Waals surface area (Å²) in [5, 5.41) is 3.97. The summed E-state index contributed by atoms with van der Waals surface area (Å²) >= 11 is 0. The molecule has 0 spiro atoms. The molecule has 1 heterocycles. The van der Waals surface area contributed by atoms with Gasteiger partial charge in [-0.3, -0.25) is 5.01 Å². The van der Waals surface area contributed by atoms with Crippen LogP contribution in [0.5, 0.6) is 0 Å². The molecule has 2 rings (SSSR count). The largest absolute Gasteiger partial charge is 0.294 e. The maximum absolute atomic E-state index is 12.6. The molecule has 0 aromatic heterocycles. The molecule has 3 nitrogen and oxygen atoms in total. The first-order chi connectivity index (χ1) is 6.25. The molecular formula is C9H12FN3. The van der Waals surface area contributed by atoms with E-state index in [9.17, 15) is 4.39 Å². The molecule has 4 heteroatoms. The molecule has 1 aliphatic heterocycles. The van der Waals surface area contributed by atoms with Crippen molar-refractivity contribution in [3.05, 3.63) is 30.1 Å². The van der Waals surface area contributed by atoms with E-state index in [1.807, 2.05) is 17.1 Å². The minimum Gasteiger partial charge on any atom is -0.294 e. The zero-order valence-corrected chi connectivity index (χ0v) is 7.50. The summed E-state index contributed by atoms with van der Waals surface area (Å²) in [6.07, 6.45) is 0. The number of halogens is 1. The molecule has 1 aliphatic rings. The van der Waals surface area contributed by atoms with E-state index >= 15 is 0 Å². The van der Waals surface area contributed by atoms with E-state index in [1.54, 1.807) is 12.1 Å². The summed E-state index contributed by atoms with van der Waals surface area (Å²) in [5.41, 5.74) is 4.13. The van der Waals surface area contributed by atoms with Gasteiger partial charge in [-0.05, 0) is 24.3 Å². The maximum atomic E-state index is 12.6. The molecule has 1 aromatic rings. The fourth-order valence-corrected chi connectivity index (χ4v) is 1.36. The first kappa shape index (κ1) is 8.47. The summed E-state index contributed by atoms with van der Waals surface area (Å²) in [6.45, 7) is 1.89. The van der Waals surface area contributed by atoms with Crippen LogP contribution in [0, 0.1) is 5.82 Å². The van der Waals surface area contributed by atoms with E-state index in [-0.39, 0.29) is 5.82 Å². The van der Waals surface area contributed by atoms with Crippen molar-refractivity contribution < 1.29 is 4.39 Å². The lowest BCUT2D eigenvalue weighted by molar-refractivity contribution is 0.308. The average Bonchev–Trinajstić information content (AvgIpc) is 2.53. The van der Waals surface area contributed by atoms with Crippen molar-refractivity contribution in [3.8, 4) is 0 Å². The summed E-state index contributed by atoms with van der Waals surface area (Å²) < 4.78 is 12.6. The van der Waals surface area contributed by atoms with Crippen LogP contribution >= 0.6 is 0 Å². The third kappa shape index (κ3) is 1.79. The van der Waals surface area contributed by atoms with Crippen LogP contribution in [0.4, 0.5) is 10.1 Å². The number of hydrogen-bond acceptors (Lipinski definition) is 3. The van der Waals surface area contributed by atoms with Crippen molar-refractivity contribution in [2.75, 3.05) is 25.1 Å². The van der Waals surface area contributed by atoms with Gasteiger partial charge in [0.15, 0.2) is 0 Å². The van der Waals surface area contributed by atoms with Gasteiger partial charge >= 0.3 is 0 Å². The highest BCUT2D eigenvalue weighted by molar-refractivity contribution is 5.45. The monoisotopic (exact) mass is 181 g/mol. The predicted octanol–water partition coefficient (Wildman–Crippen LogP) is 0.997. The van der Waals surface area contributed by atoms with Crippen LogP contribution in [-0.2, 0) is 0 Å². The van der Waals surface area contributed by atoms with Crippen molar-refractivity contribution in [3.63, 3.8) is 0 Å². The molecule has 13 heavy (non-hydrogen) atoms. The zero-order chi connectivity index (χ0) is 9.26. The molecule has 0 aliphatic carbocycles. The van der Waals surface area contributed by atoms with E-state index < -0.39 is 0 Å². The fraction of sp³-hybridized carbons (Fsp3) is 0.333. The normalized spacial score (nSPS) is 18.2. The summed E-state index contributed by atoms with van der Waals surface area (Å²) in [5.74, 6) is -0.198. The topological polar surface area (TPSA) is 18.5 Å². The SMILES string of the molecule is CN1CCN(c2ccc(F)cc2)N1. The van der Waals surface area contributed by atoms with E-state index in [2.05, 4.69) is 5.53 Å². The lowest BCUT2D eigenvalue weighted by atomic mass is 10.3. The Hall–Kier alpha value is -1.13. The number of likely N-dealkylation sites (N-methyl/N-ethyl adjacent to an activating group) is 1. The van der Waals surface area contributed by atoms with Crippen LogP contribution in [-0.4, -0.2) is 25.1 Å². The van der Waals surface area contributed by atoms with Crippen molar-refractivity contribution in [1.29, 1.82) is 0 Å². The van der Waals surface area contributed by atoms with Crippen LogP contribution in [0.15, 0.2) is 24.3 Å². The Kier molecular flexibility index (Phi) is 2.16. The van der Waals surface area contributed by atoms with Gasteiger partial charge in [0.2, 0.25) is 0 Å². The Morgan fingerprint density at radius 1 is 1.23 bits per heavy atom. The zero-order valence-electron chi connectivity index (χ0n) is 7.50.